The number of carbonyl (C=O) groups is 2. The van der Waals surface area contributed by atoms with Crippen molar-refractivity contribution in [3.63, 3.8) is 0 Å². The third-order valence-electron chi connectivity index (χ3n) is 5.25. The van der Waals surface area contributed by atoms with Crippen molar-refractivity contribution < 1.29 is 9.59 Å². The van der Waals surface area contributed by atoms with Crippen molar-refractivity contribution in [3.8, 4) is 0 Å². The molecule has 0 aromatic carbocycles. The average Bonchev–Trinajstić information content (AvgIpc) is 2.75. The van der Waals surface area contributed by atoms with Gasteiger partial charge in [0.2, 0.25) is 0 Å². The summed E-state index contributed by atoms with van der Waals surface area (Å²) in [5.41, 5.74) is 2.80. The van der Waals surface area contributed by atoms with Gasteiger partial charge in [0.1, 0.15) is 1.55 Å². The van der Waals surface area contributed by atoms with Crippen LogP contribution in [0.1, 0.15) is 83.5 Å². The van der Waals surface area contributed by atoms with E-state index in [2.05, 4.69) is 65.8 Å². The molecule has 0 aliphatic carbocycles. The molecule has 2 amide bonds. The van der Waals surface area contributed by atoms with Crippen LogP contribution in [0.15, 0.2) is 36.7 Å². The first kappa shape index (κ1) is 26.9. The second kappa shape index (κ2) is 14.1. The number of halogens is 2. The highest BCUT2D eigenvalue weighted by Crippen LogP contribution is 2.31. The molecule has 2 aromatic heterocycles. The van der Waals surface area contributed by atoms with Crippen LogP contribution < -0.4 is 10.6 Å². The molecule has 32 heavy (non-hydrogen) atoms. The molecular weight excluding hydrogens is 630 g/mol. The van der Waals surface area contributed by atoms with Gasteiger partial charge in [0.15, 0.2) is 0 Å². The van der Waals surface area contributed by atoms with E-state index in [-0.39, 0.29) is 13.4 Å². The van der Waals surface area contributed by atoms with E-state index in [0.29, 0.717) is 17.7 Å². The lowest BCUT2D eigenvalue weighted by atomic mass is 10.1. The summed E-state index contributed by atoms with van der Waals surface area (Å²) in [7, 11) is 0. The number of alkyl halides is 2. The molecule has 0 unspecified atom stereocenters. The minimum Gasteiger partial charge on any atom is -0.352 e. The molecule has 0 saturated heterocycles. The summed E-state index contributed by atoms with van der Waals surface area (Å²) < 4.78 is -0.292. The molecule has 6 nitrogen and oxygen atoms in total. The van der Waals surface area contributed by atoms with E-state index in [1.54, 1.807) is 24.5 Å². The molecule has 2 aromatic rings. The fourth-order valence-corrected chi connectivity index (χ4v) is 4.65. The number of aromatic nitrogens is 2. The highest BCUT2D eigenvalue weighted by atomic mass is 127. The second-order valence-corrected chi connectivity index (χ2v) is 13.7. The standard InChI is InChI=1S/C24H32I2N4O2/c1-18-20(12-10-16-27-18)22(31)29-15-9-7-5-3-4-6-8-14-24(25,26)30-23(32)21-13-11-17-28-19(21)2/h10-13,16-17H,3-9,14-15H2,1-2H3,(H,29,31)(H,30,32). The van der Waals surface area contributed by atoms with Gasteiger partial charge in [0, 0.05) is 30.3 Å². The third-order valence-corrected chi connectivity index (χ3v) is 6.87. The monoisotopic (exact) mass is 662 g/mol. The Morgan fingerprint density at radius 2 is 1.31 bits per heavy atom. The molecule has 0 aliphatic heterocycles. The summed E-state index contributed by atoms with van der Waals surface area (Å²) in [6.45, 7) is 4.41. The van der Waals surface area contributed by atoms with Crippen molar-refractivity contribution in [3.05, 3.63) is 59.2 Å². The quantitative estimate of drug-likeness (QED) is 0.121. The number of rotatable bonds is 13. The zero-order chi connectivity index (χ0) is 23.4. The number of hydrogen-bond acceptors (Lipinski definition) is 4. The van der Waals surface area contributed by atoms with Gasteiger partial charge in [0.25, 0.3) is 11.8 Å². The molecule has 0 radical (unpaired) electrons. The molecule has 0 bridgehead atoms. The van der Waals surface area contributed by atoms with Gasteiger partial charge in [0.05, 0.1) is 11.1 Å². The van der Waals surface area contributed by atoms with Gasteiger partial charge in [-0.25, -0.2) is 0 Å². The average molecular weight is 662 g/mol. The van der Waals surface area contributed by atoms with E-state index in [0.717, 1.165) is 43.5 Å². The Morgan fingerprint density at radius 3 is 1.88 bits per heavy atom. The summed E-state index contributed by atoms with van der Waals surface area (Å²) in [5.74, 6) is -0.104. The van der Waals surface area contributed by atoms with E-state index in [4.69, 9.17) is 0 Å². The number of hydrogen-bond donors (Lipinski definition) is 2. The van der Waals surface area contributed by atoms with Crippen molar-refractivity contribution in [2.75, 3.05) is 6.54 Å². The zero-order valence-corrected chi connectivity index (χ0v) is 23.1. The van der Waals surface area contributed by atoms with Crippen LogP contribution in [-0.4, -0.2) is 29.9 Å². The van der Waals surface area contributed by atoms with Crippen LogP contribution in [0.2, 0.25) is 0 Å². The van der Waals surface area contributed by atoms with Gasteiger partial charge in [-0.3, -0.25) is 19.6 Å². The maximum absolute atomic E-state index is 12.5. The number of pyridine rings is 2. The van der Waals surface area contributed by atoms with Crippen LogP contribution in [-0.2, 0) is 0 Å². The molecule has 2 heterocycles. The fraction of sp³-hybridized carbons (Fsp3) is 0.500. The topological polar surface area (TPSA) is 84.0 Å². The van der Waals surface area contributed by atoms with Crippen molar-refractivity contribution in [1.82, 2.24) is 20.6 Å². The minimum absolute atomic E-state index is 0.0394. The Hall–Kier alpha value is -1.30. The van der Waals surface area contributed by atoms with Gasteiger partial charge in [-0.1, -0.05) is 32.1 Å². The lowest BCUT2D eigenvalue weighted by molar-refractivity contribution is 0.0940. The number of nitrogens with zero attached hydrogens (tertiary/aromatic N) is 2. The van der Waals surface area contributed by atoms with Crippen molar-refractivity contribution in [2.45, 2.75) is 66.8 Å². The van der Waals surface area contributed by atoms with Crippen LogP contribution in [0.4, 0.5) is 0 Å². The summed E-state index contributed by atoms with van der Waals surface area (Å²) in [4.78, 5) is 33.0. The van der Waals surface area contributed by atoms with Gasteiger partial charge in [-0.05, 0) is 103 Å². The van der Waals surface area contributed by atoms with Gasteiger partial charge in [-0.15, -0.1) is 0 Å². The third kappa shape index (κ3) is 9.68. The summed E-state index contributed by atoms with van der Waals surface area (Å²) >= 11 is 4.64. The number of amides is 2. The van der Waals surface area contributed by atoms with Crippen LogP contribution >= 0.6 is 45.2 Å². The highest BCUT2D eigenvalue weighted by molar-refractivity contribution is 14.2. The van der Waals surface area contributed by atoms with Crippen LogP contribution in [0.5, 0.6) is 0 Å². The van der Waals surface area contributed by atoms with Crippen molar-refractivity contribution >= 4 is 57.0 Å². The molecule has 2 rings (SSSR count). The predicted molar refractivity (Wildman–Crippen MR) is 145 cm³/mol. The molecule has 0 spiro atoms. The lowest BCUT2D eigenvalue weighted by Crippen LogP contribution is -2.38. The molecule has 2 N–H and O–H groups in total. The molecule has 0 aliphatic rings. The Bertz CT molecular complexity index is 890. The largest absolute Gasteiger partial charge is 0.352 e. The fourth-order valence-electron chi connectivity index (χ4n) is 3.40. The SMILES string of the molecule is Cc1ncccc1C(=O)NCCCCCCCCCC(I)(I)NC(=O)c1cccnc1C. The van der Waals surface area contributed by atoms with Crippen molar-refractivity contribution in [2.24, 2.45) is 0 Å². The lowest BCUT2D eigenvalue weighted by Gasteiger charge is -2.22. The number of unbranched alkanes of at least 4 members (excludes halogenated alkanes) is 6. The first-order chi connectivity index (χ1) is 15.3. The number of carbonyl (C=O) groups excluding carboxylic acids is 2. The maximum atomic E-state index is 12.5. The Morgan fingerprint density at radius 1 is 0.812 bits per heavy atom. The van der Waals surface area contributed by atoms with Gasteiger partial charge < -0.3 is 10.6 Å². The zero-order valence-electron chi connectivity index (χ0n) is 18.8. The molecule has 174 valence electrons. The van der Waals surface area contributed by atoms with Crippen LogP contribution in [0.3, 0.4) is 0 Å². The van der Waals surface area contributed by atoms with Crippen LogP contribution in [0.25, 0.3) is 0 Å². The summed E-state index contributed by atoms with van der Waals surface area (Å²) in [5, 5.41) is 6.10. The van der Waals surface area contributed by atoms with E-state index in [9.17, 15) is 9.59 Å². The van der Waals surface area contributed by atoms with E-state index in [1.807, 2.05) is 26.0 Å². The minimum atomic E-state index is -0.292. The highest BCUT2D eigenvalue weighted by Gasteiger charge is 2.25. The molecular formula is C24H32I2N4O2. The molecule has 8 heteroatoms. The van der Waals surface area contributed by atoms with E-state index in [1.165, 1.54) is 19.3 Å². The number of nitrogens with one attached hydrogen (secondary N) is 2. The smallest absolute Gasteiger partial charge is 0.254 e. The maximum Gasteiger partial charge on any atom is 0.254 e. The number of aryl methyl sites for hydroxylation is 2. The predicted octanol–water partition coefficient (Wildman–Crippen LogP) is 5.90. The second-order valence-electron chi connectivity index (χ2n) is 7.91. The van der Waals surface area contributed by atoms with Crippen molar-refractivity contribution in [1.29, 1.82) is 0 Å². The Labute approximate surface area is 218 Å². The van der Waals surface area contributed by atoms with Gasteiger partial charge in [-0.2, -0.15) is 0 Å². The van der Waals surface area contributed by atoms with Crippen LogP contribution in [0, 0.1) is 13.8 Å². The van der Waals surface area contributed by atoms with E-state index >= 15 is 0 Å². The molecule has 0 fully saturated rings. The van der Waals surface area contributed by atoms with Gasteiger partial charge >= 0.3 is 0 Å². The first-order valence-electron chi connectivity index (χ1n) is 11.1. The normalized spacial score (nSPS) is 11.2. The Balaban J connectivity index is 1.51. The Kier molecular flexibility index (Phi) is 11.8. The summed E-state index contributed by atoms with van der Waals surface area (Å²) in [6.07, 6.45) is 12.3. The molecule has 0 atom stereocenters. The first-order valence-corrected chi connectivity index (χ1v) is 13.3. The molecule has 0 saturated carbocycles. The van der Waals surface area contributed by atoms with E-state index < -0.39 is 0 Å². The summed E-state index contributed by atoms with van der Waals surface area (Å²) in [6, 6.07) is 7.20.